The second-order valence-corrected chi connectivity index (χ2v) is 4.16. The van der Waals surface area contributed by atoms with Crippen LogP contribution in [0.25, 0.3) is 0 Å². The van der Waals surface area contributed by atoms with Gasteiger partial charge in [0.2, 0.25) is 0 Å². The molecule has 0 bridgehead atoms. The summed E-state index contributed by atoms with van der Waals surface area (Å²) in [5.41, 5.74) is 0.593. The SMILES string of the molecule is CCOC(=O)Cc1c(C)cnc(Br)c1C(F)F. The van der Waals surface area contributed by atoms with Crippen molar-refractivity contribution in [2.24, 2.45) is 0 Å². The zero-order valence-corrected chi connectivity index (χ0v) is 11.1. The van der Waals surface area contributed by atoms with Crippen LogP contribution in [0, 0.1) is 6.92 Å². The van der Waals surface area contributed by atoms with Crippen molar-refractivity contribution in [1.29, 1.82) is 0 Å². The number of aromatic nitrogens is 1. The Labute approximate surface area is 106 Å². The van der Waals surface area contributed by atoms with Gasteiger partial charge < -0.3 is 4.74 Å². The summed E-state index contributed by atoms with van der Waals surface area (Å²) < 4.78 is 30.6. The van der Waals surface area contributed by atoms with Gasteiger partial charge in [0.25, 0.3) is 6.43 Å². The van der Waals surface area contributed by atoms with Crippen molar-refractivity contribution in [2.45, 2.75) is 26.7 Å². The van der Waals surface area contributed by atoms with E-state index in [0.717, 1.165) is 0 Å². The van der Waals surface area contributed by atoms with E-state index in [-0.39, 0.29) is 28.8 Å². The standard InChI is InChI=1S/C11H12BrF2NO2/c1-3-17-8(16)4-7-6(2)5-15-10(12)9(7)11(13)14/h5,11H,3-4H2,1-2H3. The van der Waals surface area contributed by atoms with Gasteiger partial charge >= 0.3 is 5.97 Å². The number of ether oxygens (including phenoxy) is 1. The molecule has 0 unspecified atom stereocenters. The molecule has 0 aliphatic heterocycles. The molecule has 1 heterocycles. The number of nitrogens with zero attached hydrogens (tertiary/aromatic N) is 1. The molecule has 94 valence electrons. The number of hydrogen-bond acceptors (Lipinski definition) is 3. The minimum Gasteiger partial charge on any atom is -0.466 e. The van der Waals surface area contributed by atoms with Crippen LogP contribution in [0.15, 0.2) is 10.8 Å². The van der Waals surface area contributed by atoms with E-state index in [9.17, 15) is 13.6 Å². The van der Waals surface area contributed by atoms with Crippen molar-refractivity contribution in [3.8, 4) is 0 Å². The van der Waals surface area contributed by atoms with E-state index >= 15 is 0 Å². The Kier molecular flexibility index (Phi) is 4.99. The average molecular weight is 308 g/mol. The van der Waals surface area contributed by atoms with E-state index < -0.39 is 12.4 Å². The highest BCUT2D eigenvalue weighted by Gasteiger charge is 2.21. The van der Waals surface area contributed by atoms with Gasteiger partial charge in [-0.1, -0.05) is 0 Å². The van der Waals surface area contributed by atoms with Gasteiger partial charge in [-0.3, -0.25) is 4.79 Å². The number of hydrogen-bond donors (Lipinski definition) is 0. The van der Waals surface area contributed by atoms with Gasteiger partial charge in [-0.25, -0.2) is 13.8 Å². The zero-order valence-electron chi connectivity index (χ0n) is 9.47. The summed E-state index contributed by atoms with van der Waals surface area (Å²) in [5.74, 6) is -0.518. The molecule has 3 nitrogen and oxygen atoms in total. The molecule has 0 saturated carbocycles. The molecule has 0 fully saturated rings. The molecule has 0 atom stereocenters. The number of rotatable bonds is 4. The molecule has 17 heavy (non-hydrogen) atoms. The van der Waals surface area contributed by atoms with Crippen molar-refractivity contribution in [3.63, 3.8) is 0 Å². The van der Waals surface area contributed by atoms with Crippen molar-refractivity contribution >= 4 is 21.9 Å². The number of pyridine rings is 1. The fourth-order valence-corrected chi connectivity index (χ4v) is 1.97. The second kappa shape index (κ2) is 6.05. The van der Waals surface area contributed by atoms with Gasteiger partial charge in [0.15, 0.2) is 0 Å². The molecule has 0 aliphatic rings. The van der Waals surface area contributed by atoms with Gasteiger partial charge in [-0.2, -0.15) is 0 Å². The first-order valence-corrected chi connectivity index (χ1v) is 5.84. The Morgan fingerprint density at radius 3 is 2.76 bits per heavy atom. The van der Waals surface area contributed by atoms with E-state index in [4.69, 9.17) is 4.74 Å². The highest BCUT2D eigenvalue weighted by atomic mass is 79.9. The molecule has 0 amide bonds. The van der Waals surface area contributed by atoms with Crippen LogP contribution in [0.5, 0.6) is 0 Å². The minimum absolute atomic E-state index is 0.0670. The molecule has 0 radical (unpaired) electrons. The fraction of sp³-hybridized carbons (Fsp3) is 0.455. The van der Waals surface area contributed by atoms with Gasteiger partial charge in [0.1, 0.15) is 4.60 Å². The third kappa shape index (κ3) is 3.46. The summed E-state index contributed by atoms with van der Waals surface area (Å²) in [5, 5.41) is 0. The summed E-state index contributed by atoms with van der Waals surface area (Å²) in [7, 11) is 0. The molecule has 0 spiro atoms. The molecule has 1 aromatic heterocycles. The Morgan fingerprint density at radius 2 is 2.24 bits per heavy atom. The summed E-state index contributed by atoms with van der Waals surface area (Å²) >= 11 is 2.97. The smallest absolute Gasteiger partial charge is 0.310 e. The molecule has 1 rings (SSSR count). The van der Waals surface area contributed by atoms with Gasteiger partial charge in [-0.05, 0) is 40.9 Å². The summed E-state index contributed by atoms with van der Waals surface area (Å²) in [6.45, 7) is 3.54. The first-order valence-electron chi connectivity index (χ1n) is 5.05. The first kappa shape index (κ1) is 14.0. The van der Waals surface area contributed by atoms with E-state index in [1.807, 2.05) is 0 Å². The maximum atomic E-state index is 12.9. The molecule has 6 heteroatoms. The number of halogens is 3. The molecule has 0 aromatic carbocycles. The van der Waals surface area contributed by atoms with Gasteiger partial charge in [0, 0.05) is 6.20 Å². The summed E-state index contributed by atoms with van der Waals surface area (Å²) in [4.78, 5) is 15.1. The molecular weight excluding hydrogens is 296 g/mol. The lowest BCUT2D eigenvalue weighted by Crippen LogP contribution is -2.12. The van der Waals surface area contributed by atoms with Crippen LogP contribution in [0.2, 0.25) is 0 Å². The maximum absolute atomic E-state index is 12.9. The van der Waals surface area contributed by atoms with Crippen LogP contribution < -0.4 is 0 Å². The van der Waals surface area contributed by atoms with Crippen LogP contribution in [0.4, 0.5) is 8.78 Å². The zero-order chi connectivity index (χ0) is 13.0. The normalized spacial score (nSPS) is 10.7. The van der Waals surface area contributed by atoms with E-state index in [1.54, 1.807) is 13.8 Å². The number of alkyl halides is 2. The molecular formula is C11H12BrF2NO2. The van der Waals surface area contributed by atoms with Crippen LogP contribution in [0.3, 0.4) is 0 Å². The third-order valence-electron chi connectivity index (χ3n) is 2.24. The van der Waals surface area contributed by atoms with Gasteiger partial charge in [0.05, 0.1) is 18.6 Å². The highest BCUT2D eigenvalue weighted by molar-refractivity contribution is 9.10. The van der Waals surface area contributed by atoms with Crippen molar-refractivity contribution in [1.82, 2.24) is 4.98 Å². The lowest BCUT2D eigenvalue weighted by Gasteiger charge is -2.12. The van der Waals surface area contributed by atoms with Crippen LogP contribution >= 0.6 is 15.9 Å². The summed E-state index contributed by atoms with van der Waals surface area (Å²) in [6.07, 6.45) is -1.40. The van der Waals surface area contributed by atoms with Gasteiger partial charge in [-0.15, -0.1) is 0 Å². The fourth-order valence-electron chi connectivity index (χ4n) is 1.45. The third-order valence-corrected chi connectivity index (χ3v) is 2.87. The predicted molar refractivity (Wildman–Crippen MR) is 62.0 cm³/mol. The Hall–Kier alpha value is -1.04. The number of aryl methyl sites for hydroxylation is 1. The second-order valence-electron chi connectivity index (χ2n) is 3.41. The molecule has 1 aromatic rings. The minimum atomic E-state index is -2.68. The molecule has 0 saturated heterocycles. The van der Waals surface area contributed by atoms with Crippen LogP contribution in [0.1, 0.15) is 30.0 Å². The first-order chi connectivity index (χ1) is 7.97. The van der Waals surface area contributed by atoms with Crippen molar-refractivity contribution in [2.75, 3.05) is 6.61 Å². The summed E-state index contributed by atoms with van der Waals surface area (Å²) in [6, 6.07) is 0. The largest absolute Gasteiger partial charge is 0.466 e. The van der Waals surface area contributed by atoms with E-state index in [1.165, 1.54) is 6.20 Å². The lowest BCUT2D eigenvalue weighted by atomic mass is 10.0. The number of carbonyl (C=O) groups excluding carboxylic acids is 1. The molecule has 0 aliphatic carbocycles. The maximum Gasteiger partial charge on any atom is 0.310 e. The van der Waals surface area contributed by atoms with E-state index in [2.05, 4.69) is 20.9 Å². The van der Waals surface area contributed by atoms with Crippen LogP contribution in [-0.4, -0.2) is 17.6 Å². The quantitative estimate of drug-likeness (QED) is 0.633. The lowest BCUT2D eigenvalue weighted by molar-refractivity contribution is -0.142. The van der Waals surface area contributed by atoms with Crippen molar-refractivity contribution < 1.29 is 18.3 Å². The number of esters is 1. The Morgan fingerprint density at radius 1 is 1.59 bits per heavy atom. The topological polar surface area (TPSA) is 39.2 Å². The predicted octanol–water partition coefficient (Wildman–Crippen LogP) is 3.20. The monoisotopic (exact) mass is 307 g/mol. The average Bonchev–Trinajstić information content (AvgIpc) is 2.23. The molecule has 0 N–H and O–H groups in total. The van der Waals surface area contributed by atoms with E-state index in [0.29, 0.717) is 5.56 Å². The van der Waals surface area contributed by atoms with Crippen molar-refractivity contribution in [3.05, 3.63) is 27.5 Å². The van der Waals surface area contributed by atoms with Crippen LogP contribution in [-0.2, 0) is 16.0 Å². The Bertz CT molecular complexity index is 424. The number of carbonyl (C=O) groups is 1. The Balaban J connectivity index is 3.12. The highest BCUT2D eigenvalue weighted by Crippen LogP contribution is 2.31.